The minimum Gasteiger partial charge on any atom is -0.478 e. The number of rotatable bonds is 9. The van der Waals surface area contributed by atoms with Crippen LogP contribution in [-0.4, -0.2) is 41.1 Å². The van der Waals surface area contributed by atoms with Crippen molar-refractivity contribution in [3.8, 4) is 11.3 Å². The van der Waals surface area contributed by atoms with Gasteiger partial charge in [0.1, 0.15) is 0 Å². The molecule has 0 radical (unpaired) electrons. The van der Waals surface area contributed by atoms with E-state index < -0.39 is 5.97 Å². The molecule has 0 atom stereocenters. The van der Waals surface area contributed by atoms with Crippen LogP contribution in [0.5, 0.6) is 0 Å². The topological polar surface area (TPSA) is 85.8 Å². The van der Waals surface area contributed by atoms with Crippen LogP contribution in [0.1, 0.15) is 59.4 Å². The number of carbonyl (C=O) groups is 2. The molecule has 2 heterocycles. The number of nitrogens with one attached hydrogen (secondary N) is 1. The van der Waals surface area contributed by atoms with E-state index in [2.05, 4.69) is 29.0 Å². The van der Waals surface area contributed by atoms with Crippen molar-refractivity contribution >= 4 is 39.7 Å². The maximum atomic E-state index is 12.8. The Labute approximate surface area is 239 Å². The number of carboxylic acids is 1. The highest BCUT2D eigenvalue weighted by molar-refractivity contribution is 7.14. The molecule has 2 N–H and O–H groups in total. The Kier molecular flexibility index (Phi) is 8.45. The van der Waals surface area contributed by atoms with E-state index in [4.69, 9.17) is 10.1 Å². The van der Waals surface area contributed by atoms with Gasteiger partial charge in [-0.2, -0.15) is 0 Å². The van der Waals surface area contributed by atoms with Crippen molar-refractivity contribution in [2.24, 2.45) is 0 Å². The second kappa shape index (κ2) is 12.3. The Morgan fingerprint density at radius 1 is 0.925 bits per heavy atom. The lowest BCUT2D eigenvalue weighted by Crippen LogP contribution is -2.30. The molecule has 1 fully saturated rings. The van der Waals surface area contributed by atoms with Crippen LogP contribution < -0.4 is 15.1 Å². The highest BCUT2D eigenvalue weighted by atomic mass is 32.1. The van der Waals surface area contributed by atoms with Gasteiger partial charge >= 0.3 is 5.97 Å². The molecule has 1 saturated heterocycles. The summed E-state index contributed by atoms with van der Waals surface area (Å²) >= 11 is 1.58. The first-order valence-electron chi connectivity index (χ1n) is 13.7. The third-order valence-electron chi connectivity index (χ3n) is 7.20. The van der Waals surface area contributed by atoms with Crippen LogP contribution in [0.15, 0.2) is 78.2 Å². The SMILES string of the molecule is CC(C)N(Cc1ccc(C(=O)O)cc1)c1nc(-c2ccc(NC(=O)c3ccc(N4CCCCC4)cc3)cc2)cs1. The molecule has 40 heavy (non-hydrogen) atoms. The van der Waals surface area contributed by atoms with Gasteiger partial charge in [0.05, 0.1) is 11.3 Å². The minimum absolute atomic E-state index is 0.127. The largest absolute Gasteiger partial charge is 0.478 e. The number of hydrogen-bond acceptors (Lipinski definition) is 6. The third kappa shape index (κ3) is 6.51. The van der Waals surface area contributed by atoms with E-state index in [-0.39, 0.29) is 17.5 Å². The summed E-state index contributed by atoms with van der Waals surface area (Å²) < 4.78 is 0. The van der Waals surface area contributed by atoms with Crippen molar-refractivity contribution in [2.75, 3.05) is 28.2 Å². The Morgan fingerprint density at radius 2 is 1.57 bits per heavy atom. The lowest BCUT2D eigenvalue weighted by atomic mass is 10.1. The fourth-order valence-electron chi connectivity index (χ4n) is 4.85. The van der Waals surface area contributed by atoms with Crippen molar-refractivity contribution in [3.63, 3.8) is 0 Å². The molecule has 0 bridgehead atoms. The molecule has 3 aromatic carbocycles. The number of carboxylic acid groups (broad SMARTS) is 1. The van der Waals surface area contributed by atoms with E-state index >= 15 is 0 Å². The van der Waals surface area contributed by atoms with Crippen molar-refractivity contribution in [3.05, 3.63) is 94.9 Å². The van der Waals surface area contributed by atoms with Crippen LogP contribution in [0.2, 0.25) is 0 Å². The second-order valence-corrected chi connectivity index (χ2v) is 11.2. The summed E-state index contributed by atoms with van der Waals surface area (Å²) in [5.41, 5.74) is 5.70. The summed E-state index contributed by atoms with van der Waals surface area (Å²) in [7, 11) is 0. The van der Waals surface area contributed by atoms with Gasteiger partial charge in [-0.15, -0.1) is 11.3 Å². The molecule has 0 aliphatic carbocycles. The highest BCUT2D eigenvalue weighted by Gasteiger charge is 2.17. The number of amides is 1. The van der Waals surface area contributed by atoms with Gasteiger partial charge in [0, 0.05) is 53.6 Å². The number of hydrogen-bond donors (Lipinski definition) is 2. The summed E-state index contributed by atoms with van der Waals surface area (Å²) in [4.78, 5) is 33.5. The molecule has 8 heteroatoms. The number of carbonyl (C=O) groups excluding carboxylic acids is 1. The molecule has 4 aromatic rings. The van der Waals surface area contributed by atoms with Gasteiger partial charge in [0.25, 0.3) is 5.91 Å². The van der Waals surface area contributed by atoms with E-state index in [0.717, 1.165) is 40.7 Å². The fourth-order valence-corrected chi connectivity index (χ4v) is 5.82. The van der Waals surface area contributed by atoms with Crippen LogP contribution in [0, 0.1) is 0 Å². The Morgan fingerprint density at radius 3 is 2.20 bits per heavy atom. The number of aromatic carboxylic acids is 1. The van der Waals surface area contributed by atoms with Gasteiger partial charge in [0.15, 0.2) is 5.13 Å². The number of thiazole rings is 1. The molecule has 7 nitrogen and oxygen atoms in total. The molecule has 1 aromatic heterocycles. The molecule has 0 saturated carbocycles. The van der Waals surface area contributed by atoms with E-state index in [0.29, 0.717) is 12.1 Å². The van der Waals surface area contributed by atoms with Crippen molar-refractivity contribution in [1.29, 1.82) is 0 Å². The molecule has 5 rings (SSSR count). The van der Waals surface area contributed by atoms with Gasteiger partial charge in [-0.05, 0) is 87.2 Å². The number of benzene rings is 3. The quantitative estimate of drug-likeness (QED) is 0.228. The first-order chi connectivity index (χ1) is 19.4. The maximum Gasteiger partial charge on any atom is 0.335 e. The molecule has 1 aliphatic heterocycles. The Hall–Kier alpha value is -4.17. The Balaban J connectivity index is 1.22. The molecule has 0 spiro atoms. The lowest BCUT2D eigenvalue weighted by Gasteiger charge is -2.28. The summed E-state index contributed by atoms with van der Waals surface area (Å²) in [5, 5.41) is 15.1. The summed E-state index contributed by atoms with van der Waals surface area (Å²) in [6.07, 6.45) is 3.74. The predicted molar refractivity (Wildman–Crippen MR) is 163 cm³/mol. The van der Waals surface area contributed by atoms with Gasteiger partial charge in [-0.3, -0.25) is 4.79 Å². The summed E-state index contributed by atoms with van der Waals surface area (Å²) in [5.74, 6) is -1.05. The molecule has 1 aliphatic rings. The fraction of sp³-hybridized carbons (Fsp3) is 0.281. The van der Waals surface area contributed by atoms with Gasteiger partial charge in [0.2, 0.25) is 0 Å². The molecule has 206 valence electrons. The first-order valence-corrected chi connectivity index (χ1v) is 14.6. The average molecular weight is 555 g/mol. The average Bonchev–Trinajstić information content (AvgIpc) is 3.47. The summed E-state index contributed by atoms with van der Waals surface area (Å²) in [6.45, 7) is 7.03. The van der Waals surface area contributed by atoms with E-state index in [1.165, 1.54) is 24.9 Å². The molecule has 1 amide bonds. The van der Waals surface area contributed by atoms with Crippen molar-refractivity contribution in [1.82, 2.24) is 4.98 Å². The van der Waals surface area contributed by atoms with Crippen molar-refractivity contribution < 1.29 is 14.7 Å². The zero-order valence-corrected chi connectivity index (χ0v) is 23.7. The van der Waals surface area contributed by atoms with Crippen molar-refractivity contribution in [2.45, 2.75) is 45.7 Å². The lowest BCUT2D eigenvalue weighted by molar-refractivity contribution is 0.0696. The predicted octanol–water partition coefficient (Wildman–Crippen LogP) is 7.17. The number of anilines is 3. The number of piperidine rings is 1. The van der Waals surface area contributed by atoms with Crippen LogP contribution >= 0.6 is 11.3 Å². The van der Waals surface area contributed by atoms with E-state index in [1.54, 1.807) is 23.5 Å². The van der Waals surface area contributed by atoms with Gasteiger partial charge in [-0.25, -0.2) is 9.78 Å². The minimum atomic E-state index is -0.927. The maximum absolute atomic E-state index is 12.8. The second-order valence-electron chi connectivity index (χ2n) is 10.4. The van der Waals surface area contributed by atoms with E-state index in [1.807, 2.05) is 66.0 Å². The number of nitrogens with zero attached hydrogens (tertiary/aromatic N) is 3. The van der Waals surface area contributed by atoms with Crippen LogP contribution in [0.25, 0.3) is 11.3 Å². The monoisotopic (exact) mass is 554 g/mol. The summed E-state index contributed by atoms with van der Waals surface area (Å²) in [6, 6.07) is 22.8. The standard InChI is InChI=1S/C32H34N4O3S/c1-22(2)36(20-23-6-8-26(9-7-23)31(38)39)32-34-29(21-40-32)24-10-14-27(15-11-24)33-30(37)25-12-16-28(17-13-25)35-18-4-3-5-19-35/h6-17,21-22H,3-5,18-20H2,1-2H3,(H,33,37)(H,38,39). The zero-order valence-electron chi connectivity index (χ0n) is 22.8. The Bertz CT molecular complexity index is 1440. The number of aromatic nitrogens is 1. The third-order valence-corrected chi connectivity index (χ3v) is 8.08. The van der Waals surface area contributed by atoms with Crippen LogP contribution in [0.4, 0.5) is 16.5 Å². The van der Waals surface area contributed by atoms with Gasteiger partial charge in [-0.1, -0.05) is 24.3 Å². The highest BCUT2D eigenvalue weighted by Crippen LogP contribution is 2.30. The van der Waals surface area contributed by atoms with Crippen LogP contribution in [0.3, 0.4) is 0 Å². The smallest absolute Gasteiger partial charge is 0.335 e. The van der Waals surface area contributed by atoms with Gasteiger partial charge < -0.3 is 20.2 Å². The van der Waals surface area contributed by atoms with E-state index in [9.17, 15) is 9.59 Å². The zero-order chi connectivity index (χ0) is 28.1. The molecule has 0 unspecified atom stereocenters. The first kappa shape index (κ1) is 27.4. The molecular weight excluding hydrogens is 520 g/mol. The molecular formula is C32H34N4O3S. The van der Waals surface area contributed by atoms with Crippen LogP contribution in [-0.2, 0) is 6.54 Å². The normalized spacial score (nSPS) is 13.3.